The average molecular weight is 293 g/mol. The number of benzene rings is 2. The number of hydrogen-bond donors (Lipinski definition) is 1. The highest BCUT2D eigenvalue weighted by Crippen LogP contribution is 2.20. The lowest BCUT2D eigenvalue weighted by Crippen LogP contribution is -1.97. The molecule has 21 heavy (non-hydrogen) atoms. The third-order valence-electron chi connectivity index (χ3n) is 2.81. The molecule has 0 heterocycles. The summed E-state index contributed by atoms with van der Waals surface area (Å²) < 4.78 is 5.76. The van der Waals surface area contributed by atoms with Crippen LogP contribution in [0.15, 0.2) is 48.5 Å². The first-order valence-electron chi connectivity index (χ1n) is 6.64. The van der Waals surface area contributed by atoms with Gasteiger partial charge in [-0.15, -0.1) is 0 Å². The molecule has 0 amide bonds. The Balaban J connectivity index is 2.15. The van der Waals surface area contributed by atoms with Crippen molar-refractivity contribution >= 4 is 12.6 Å². The van der Waals surface area contributed by atoms with Gasteiger partial charge in [-0.2, -0.15) is 17.9 Å². The molecule has 0 aliphatic carbocycles. The molecule has 0 aromatic heterocycles. The number of thiol groups is 1. The molecule has 0 N–H and O–H groups in total. The van der Waals surface area contributed by atoms with Crippen LogP contribution in [-0.4, -0.2) is 5.75 Å². The Morgan fingerprint density at radius 1 is 1.10 bits per heavy atom. The molecule has 0 aliphatic rings. The van der Waals surface area contributed by atoms with E-state index in [4.69, 9.17) is 10.00 Å². The molecule has 0 radical (unpaired) electrons. The molecule has 0 spiro atoms. The van der Waals surface area contributed by atoms with E-state index >= 15 is 0 Å². The molecule has 0 aliphatic heterocycles. The molecule has 2 aromatic rings. The van der Waals surface area contributed by atoms with Crippen molar-refractivity contribution in [3.05, 3.63) is 65.2 Å². The lowest BCUT2D eigenvalue weighted by Gasteiger charge is -2.08. The number of nitriles is 1. The van der Waals surface area contributed by atoms with Crippen molar-refractivity contribution in [2.75, 3.05) is 5.75 Å². The minimum atomic E-state index is 0.434. The summed E-state index contributed by atoms with van der Waals surface area (Å²) in [5, 5.41) is 9.14. The zero-order valence-electron chi connectivity index (χ0n) is 11.5. The second-order valence-electron chi connectivity index (χ2n) is 4.37. The fourth-order valence-electron chi connectivity index (χ4n) is 1.77. The Morgan fingerprint density at radius 3 is 2.62 bits per heavy atom. The summed E-state index contributed by atoms with van der Waals surface area (Å²) in [4.78, 5) is 0. The quantitative estimate of drug-likeness (QED) is 0.687. The summed E-state index contributed by atoms with van der Waals surface area (Å²) in [6, 6.07) is 17.4. The number of rotatable bonds is 4. The molecule has 0 unspecified atom stereocenters. The van der Waals surface area contributed by atoms with Crippen molar-refractivity contribution in [1.29, 1.82) is 5.26 Å². The highest BCUT2D eigenvalue weighted by Gasteiger charge is 2.04. The first kappa shape index (κ1) is 15.0. The molecule has 0 atom stereocenters. The van der Waals surface area contributed by atoms with E-state index < -0.39 is 0 Å². The van der Waals surface area contributed by atoms with E-state index in [1.54, 1.807) is 6.07 Å². The average Bonchev–Trinajstić information content (AvgIpc) is 2.54. The van der Waals surface area contributed by atoms with Crippen LogP contribution in [0.25, 0.3) is 0 Å². The number of ether oxygens (including phenoxy) is 1. The van der Waals surface area contributed by atoms with Gasteiger partial charge in [0.2, 0.25) is 0 Å². The van der Waals surface area contributed by atoms with Crippen molar-refractivity contribution in [3.63, 3.8) is 0 Å². The summed E-state index contributed by atoms with van der Waals surface area (Å²) in [6.45, 7) is 0.434. The predicted octanol–water partition coefficient (Wildman–Crippen LogP) is 3.81. The summed E-state index contributed by atoms with van der Waals surface area (Å²) in [7, 11) is 0. The maximum atomic E-state index is 9.14. The first-order chi connectivity index (χ1) is 10.3. The van der Waals surface area contributed by atoms with E-state index in [0.717, 1.165) is 23.3 Å². The van der Waals surface area contributed by atoms with Gasteiger partial charge in [-0.3, -0.25) is 0 Å². The maximum Gasteiger partial charge on any atom is 0.138 e. The Labute approximate surface area is 130 Å². The van der Waals surface area contributed by atoms with E-state index in [0.29, 0.717) is 17.9 Å². The fraction of sp³-hybridized carbons (Fsp3) is 0.167. The first-order valence-corrected chi connectivity index (χ1v) is 7.27. The van der Waals surface area contributed by atoms with Crippen molar-refractivity contribution in [1.82, 2.24) is 0 Å². The van der Waals surface area contributed by atoms with Gasteiger partial charge < -0.3 is 4.74 Å². The van der Waals surface area contributed by atoms with Gasteiger partial charge in [0.05, 0.1) is 5.56 Å². The van der Waals surface area contributed by atoms with Gasteiger partial charge >= 0.3 is 0 Å². The summed E-state index contributed by atoms with van der Waals surface area (Å²) in [6.07, 6.45) is 0.739. The topological polar surface area (TPSA) is 33.0 Å². The van der Waals surface area contributed by atoms with Gasteiger partial charge in [-0.1, -0.05) is 42.2 Å². The minimum Gasteiger partial charge on any atom is -0.487 e. The van der Waals surface area contributed by atoms with Gasteiger partial charge in [0.25, 0.3) is 0 Å². The van der Waals surface area contributed by atoms with Crippen LogP contribution in [0.4, 0.5) is 0 Å². The monoisotopic (exact) mass is 293 g/mol. The molecule has 2 nitrogen and oxygen atoms in total. The lowest BCUT2D eigenvalue weighted by molar-refractivity contribution is 0.305. The van der Waals surface area contributed by atoms with E-state index in [-0.39, 0.29) is 0 Å². The molecule has 2 rings (SSSR count). The molecule has 0 fully saturated rings. The van der Waals surface area contributed by atoms with Crippen LogP contribution >= 0.6 is 12.6 Å². The van der Waals surface area contributed by atoms with Crippen LogP contribution in [0, 0.1) is 23.2 Å². The Hall–Kier alpha value is -2.36. The van der Waals surface area contributed by atoms with Gasteiger partial charge in [-0.05, 0) is 23.8 Å². The van der Waals surface area contributed by atoms with Crippen LogP contribution in [0.3, 0.4) is 0 Å². The molecule has 104 valence electrons. The summed E-state index contributed by atoms with van der Waals surface area (Å²) in [5.74, 6) is 7.38. The normalized spacial score (nSPS) is 9.33. The largest absolute Gasteiger partial charge is 0.487 e. The number of hydrogen-bond acceptors (Lipinski definition) is 3. The zero-order valence-corrected chi connectivity index (χ0v) is 12.4. The van der Waals surface area contributed by atoms with Crippen LogP contribution in [0.5, 0.6) is 5.75 Å². The minimum absolute atomic E-state index is 0.434. The van der Waals surface area contributed by atoms with Gasteiger partial charge in [0, 0.05) is 17.7 Å². The molecular formula is C18H15NOS. The van der Waals surface area contributed by atoms with Crippen LogP contribution in [0.2, 0.25) is 0 Å². The molecule has 0 saturated heterocycles. The Bertz CT molecular complexity index is 693. The molecular weight excluding hydrogens is 278 g/mol. The van der Waals surface area contributed by atoms with Gasteiger partial charge in [0.15, 0.2) is 0 Å². The third kappa shape index (κ3) is 4.60. The lowest BCUT2D eigenvalue weighted by atomic mass is 10.1. The number of nitrogens with zero attached hydrogens (tertiary/aromatic N) is 1. The van der Waals surface area contributed by atoms with E-state index in [1.807, 2.05) is 42.5 Å². The van der Waals surface area contributed by atoms with E-state index in [9.17, 15) is 0 Å². The standard InChI is InChI=1S/C18H15NOS/c19-13-17-10-9-15(6-4-5-11-21)12-18(17)20-14-16-7-2-1-3-8-16/h1-3,7-10,12,21H,5,11,14H2. The molecule has 0 bridgehead atoms. The Morgan fingerprint density at radius 2 is 1.90 bits per heavy atom. The second kappa shape index (κ2) is 8.04. The van der Waals surface area contributed by atoms with Gasteiger partial charge in [0.1, 0.15) is 18.4 Å². The molecule has 3 heteroatoms. The Kier molecular flexibility index (Phi) is 5.76. The molecule has 2 aromatic carbocycles. The SMILES string of the molecule is N#Cc1ccc(C#CCCS)cc1OCc1ccccc1. The molecule has 0 saturated carbocycles. The van der Waals surface area contributed by atoms with Crippen molar-refractivity contribution < 1.29 is 4.74 Å². The second-order valence-corrected chi connectivity index (χ2v) is 4.82. The smallest absolute Gasteiger partial charge is 0.138 e. The van der Waals surface area contributed by atoms with Gasteiger partial charge in [-0.25, -0.2) is 0 Å². The summed E-state index contributed by atoms with van der Waals surface area (Å²) >= 11 is 4.12. The fourth-order valence-corrected chi connectivity index (χ4v) is 1.88. The highest BCUT2D eigenvalue weighted by molar-refractivity contribution is 7.80. The summed E-state index contributed by atoms with van der Waals surface area (Å²) in [5.41, 5.74) is 2.43. The van der Waals surface area contributed by atoms with Crippen LogP contribution < -0.4 is 4.74 Å². The van der Waals surface area contributed by atoms with Crippen molar-refractivity contribution in [3.8, 4) is 23.7 Å². The maximum absolute atomic E-state index is 9.14. The van der Waals surface area contributed by atoms with E-state index in [2.05, 4.69) is 30.5 Å². The third-order valence-corrected chi connectivity index (χ3v) is 3.03. The highest BCUT2D eigenvalue weighted by atomic mass is 32.1. The van der Waals surface area contributed by atoms with Crippen LogP contribution in [0.1, 0.15) is 23.1 Å². The van der Waals surface area contributed by atoms with Crippen LogP contribution in [-0.2, 0) is 6.61 Å². The zero-order chi connectivity index (χ0) is 14.9. The van der Waals surface area contributed by atoms with Crippen molar-refractivity contribution in [2.24, 2.45) is 0 Å². The van der Waals surface area contributed by atoms with Crippen molar-refractivity contribution in [2.45, 2.75) is 13.0 Å². The predicted molar refractivity (Wildman–Crippen MR) is 87.3 cm³/mol. The van der Waals surface area contributed by atoms with E-state index in [1.165, 1.54) is 0 Å².